The summed E-state index contributed by atoms with van der Waals surface area (Å²) < 4.78 is 8.07. The molecule has 7 nitrogen and oxygen atoms in total. The van der Waals surface area contributed by atoms with Gasteiger partial charge in [-0.1, -0.05) is 30.7 Å². The van der Waals surface area contributed by atoms with Crippen molar-refractivity contribution >= 4 is 11.6 Å². The number of hydrogen-bond acceptors (Lipinski definition) is 5. The van der Waals surface area contributed by atoms with Crippen LogP contribution in [0.15, 0.2) is 42.5 Å². The number of anilines is 1. The van der Waals surface area contributed by atoms with E-state index in [0.717, 1.165) is 73.9 Å². The third-order valence-corrected chi connectivity index (χ3v) is 6.97. The van der Waals surface area contributed by atoms with Crippen LogP contribution in [-0.2, 0) is 24.2 Å². The molecule has 35 heavy (non-hydrogen) atoms. The van der Waals surface area contributed by atoms with Crippen molar-refractivity contribution in [2.45, 2.75) is 71.8 Å². The number of morpholine rings is 1. The number of aromatic nitrogens is 3. The van der Waals surface area contributed by atoms with Gasteiger partial charge in [0.25, 0.3) is 5.91 Å². The Balaban J connectivity index is 1.28. The van der Waals surface area contributed by atoms with Crippen molar-refractivity contribution in [3.05, 3.63) is 65.0 Å². The van der Waals surface area contributed by atoms with Gasteiger partial charge in [0.05, 0.1) is 12.2 Å². The molecule has 7 heteroatoms. The van der Waals surface area contributed by atoms with Crippen LogP contribution in [0, 0.1) is 6.92 Å². The third-order valence-electron chi connectivity index (χ3n) is 6.97. The summed E-state index contributed by atoms with van der Waals surface area (Å²) in [6, 6.07) is 14.0. The van der Waals surface area contributed by atoms with Crippen LogP contribution < -0.4 is 5.32 Å². The van der Waals surface area contributed by atoms with Gasteiger partial charge in [-0.15, -0.1) is 10.2 Å². The molecule has 2 aliphatic rings. The minimum absolute atomic E-state index is 0.106. The molecular formula is C28H35N5O2. The second-order valence-corrected chi connectivity index (χ2v) is 10.0. The van der Waals surface area contributed by atoms with Crippen molar-refractivity contribution in [1.29, 1.82) is 0 Å². The Hall–Kier alpha value is -3.03. The Labute approximate surface area is 207 Å². The predicted octanol–water partition coefficient (Wildman–Crippen LogP) is 4.84. The summed E-state index contributed by atoms with van der Waals surface area (Å²) in [5.41, 5.74) is 4.66. The summed E-state index contributed by atoms with van der Waals surface area (Å²) in [6.07, 6.45) is 5.00. The van der Waals surface area contributed by atoms with E-state index >= 15 is 0 Å². The van der Waals surface area contributed by atoms with Gasteiger partial charge in [-0.25, -0.2) is 0 Å². The highest BCUT2D eigenvalue weighted by atomic mass is 16.5. The Morgan fingerprint density at radius 1 is 1.03 bits per heavy atom. The number of amides is 1. The van der Waals surface area contributed by atoms with Crippen LogP contribution >= 0.6 is 0 Å². The van der Waals surface area contributed by atoms with E-state index in [9.17, 15) is 4.79 Å². The lowest BCUT2D eigenvalue weighted by Gasteiger charge is -2.35. The van der Waals surface area contributed by atoms with Crippen LogP contribution in [-0.4, -0.2) is 50.9 Å². The standard InChI is InChI=1S/C28H35N5O2/c1-19-8-11-24(27-31-30-26-7-5-4-6-14-33(26)27)15-25(19)29-28(34)23-12-9-22(10-13-23)18-32-16-20(2)35-21(3)17-32/h8-13,15,20-21H,4-7,14,16-18H2,1-3H3,(H,29,34). The first-order valence-electron chi connectivity index (χ1n) is 12.8. The highest BCUT2D eigenvalue weighted by Gasteiger charge is 2.22. The van der Waals surface area contributed by atoms with Crippen molar-refractivity contribution in [1.82, 2.24) is 19.7 Å². The molecule has 5 rings (SSSR count). The van der Waals surface area contributed by atoms with E-state index in [1.165, 1.54) is 12.0 Å². The second kappa shape index (κ2) is 10.3. The monoisotopic (exact) mass is 473 g/mol. The maximum Gasteiger partial charge on any atom is 0.255 e. The highest BCUT2D eigenvalue weighted by Crippen LogP contribution is 2.27. The van der Waals surface area contributed by atoms with Crippen molar-refractivity contribution in [3.8, 4) is 11.4 Å². The SMILES string of the molecule is Cc1ccc(-c2nnc3n2CCCCC3)cc1NC(=O)c1ccc(CN2CC(C)OC(C)C2)cc1. The number of hydrogen-bond donors (Lipinski definition) is 1. The zero-order chi connectivity index (χ0) is 24.4. The molecule has 0 radical (unpaired) electrons. The average Bonchev–Trinajstić information content (AvgIpc) is 3.08. The van der Waals surface area contributed by atoms with Crippen LogP contribution in [0.3, 0.4) is 0 Å². The summed E-state index contributed by atoms with van der Waals surface area (Å²) in [6.45, 7) is 9.91. The molecule has 1 saturated heterocycles. The fraction of sp³-hybridized carbons (Fsp3) is 0.464. The Bertz CT molecular complexity index is 1180. The number of aryl methyl sites for hydroxylation is 2. The molecule has 1 aromatic heterocycles. The van der Waals surface area contributed by atoms with Gasteiger partial charge >= 0.3 is 0 Å². The van der Waals surface area contributed by atoms with E-state index in [-0.39, 0.29) is 18.1 Å². The lowest BCUT2D eigenvalue weighted by molar-refractivity contribution is -0.0704. The van der Waals surface area contributed by atoms with E-state index in [2.05, 4.69) is 57.0 Å². The van der Waals surface area contributed by atoms with Crippen molar-refractivity contribution in [3.63, 3.8) is 0 Å². The largest absolute Gasteiger partial charge is 0.373 e. The minimum atomic E-state index is -0.106. The first-order valence-corrected chi connectivity index (χ1v) is 12.8. The highest BCUT2D eigenvalue weighted by molar-refractivity contribution is 6.04. The fourth-order valence-corrected chi connectivity index (χ4v) is 5.22. The summed E-state index contributed by atoms with van der Waals surface area (Å²) in [5.74, 6) is 1.84. The number of nitrogens with one attached hydrogen (secondary N) is 1. The molecular weight excluding hydrogens is 438 g/mol. The quantitative estimate of drug-likeness (QED) is 0.574. The molecule has 3 heterocycles. The molecule has 2 unspecified atom stereocenters. The smallest absolute Gasteiger partial charge is 0.255 e. The zero-order valence-electron chi connectivity index (χ0n) is 21.0. The van der Waals surface area contributed by atoms with Gasteiger partial charge in [0.2, 0.25) is 0 Å². The molecule has 0 spiro atoms. The summed E-state index contributed by atoms with van der Waals surface area (Å²) in [4.78, 5) is 15.5. The van der Waals surface area contributed by atoms with Crippen LogP contribution in [0.4, 0.5) is 5.69 Å². The minimum Gasteiger partial charge on any atom is -0.373 e. The van der Waals surface area contributed by atoms with E-state index in [1.807, 2.05) is 31.2 Å². The zero-order valence-corrected chi connectivity index (χ0v) is 21.0. The normalized spacial score (nSPS) is 20.8. The fourth-order valence-electron chi connectivity index (χ4n) is 5.22. The van der Waals surface area contributed by atoms with Gasteiger partial charge in [0.15, 0.2) is 5.82 Å². The first-order chi connectivity index (χ1) is 17.0. The Kier molecular flexibility index (Phi) is 6.97. The van der Waals surface area contributed by atoms with Gasteiger partial charge < -0.3 is 14.6 Å². The van der Waals surface area contributed by atoms with E-state index in [0.29, 0.717) is 5.56 Å². The molecule has 1 amide bonds. The van der Waals surface area contributed by atoms with Crippen LogP contribution in [0.5, 0.6) is 0 Å². The topological polar surface area (TPSA) is 72.3 Å². The number of rotatable bonds is 5. The number of nitrogens with zero attached hydrogens (tertiary/aromatic N) is 4. The van der Waals surface area contributed by atoms with Gasteiger partial charge in [-0.05, 0) is 62.9 Å². The molecule has 184 valence electrons. The maximum atomic E-state index is 13.1. The van der Waals surface area contributed by atoms with Gasteiger partial charge in [0.1, 0.15) is 5.82 Å². The number of carbonyl (C=O) groups is 1. The van der Waals surface area contributed by atoms with Gasteiger partial charge in [-0.3, -0.25) is 9.69 Å². The van der Waals surface area contributed by atoms with E-state index < -0.39 is 0 Å². The molecule has 2 aliphatic heterocycles. The molecule has 2 aromatic carbocycles. The number of carbonyl (C=O) groups excluding carboxylic acids is 1. The van der Waals surface area contributed by atoms with Gasteiger partial charge in [0, 0.05) is 49.4 Å². The van der Waals surface area contributed by atoms with Crippen LogP contribution in [0.2, 0.25) is 0 Å². The van der Waals surface area contributed by atoms with Crippen molar-refractivity contribution < 1.29 is 9.53 Å². The third kappa shape index (κ3) is 5.46. The number of benzene rings is 2. The van der Waals surface area contributed by atoms with Crippen molar-refractivity contribution in [2.75, 3.05) is 18.4 Å². The summed E-state index contributed by atoms with van der Waals surface area (Å²) in [5, 5.41) is 12.0. The van der Waals surface area contributed by atoms with Crippen LogP contribution in [0.1, 0.15) is 60.4 Å². The Morgan fingerprint density at radius 3 is 2.57 bits per heavy atom. The summed E-state index contributed by atoms with van der Waals surface area (Å²) >= 11 is 0. The molecule has 2 atom stereocenters. The molecule has 0 aliphatic carbocycles. The molecule has 1 fully saturated rings. The molecule has 1 N–H and O–H groups in total. The van der Waals surface area contributed by atoms with E-state index in [4.69, 9.17) is 4.74 Å². The number of fused-ring (bicyclic) bond motifs is 1. The van der Waals surface area contributed by atoms with E-state index in [1.54, 1.807) is 0 Å². The first kappa shape index (κ1) is 23.7. The maximum absolute atomic E-state index is 13.1. The van der Waals surface area contributed by atoms with Crippen LogP contribution in [0.25, 0.3) is 11.4 Å². The number of ether oxygens (including phenoxy) is 1. The summed E-state index contributed by atoms with van der Waals surface area (Å²) in [7, 11) is 0. The molecule has 0 saturated carbocycles. The Morgan fingerprint density at radius 2 is 1.80 bits per heavy atom. The predicted molar refractivity (Wildman–Crippen MR) is 137 cm³/mol. The lowest BCUT2D eigenvalue weighted by atomic mass is 10.1. The molecule has 0 bridgehead atoms. The van der Waals surface area contributed by atoms with Crippen molar-refractivity contribution in [2.24, 2.45) is 0 Å². The lowest BCUT2D eigenvalue weighted by Crippen LogP contribution is -2.44. The second-order valence-electron chi connectivity index (χ2n) is 10.0. The molecule has 3 aromatic rings. The average molecular weight is 474 g/mol. The van der Waals surface area contributed by atoms with Gasteiger partial charge in [-0.2, -0.15) is 0 Å².